The van der Waals surface area contributed by atoms with E-state index in [4.69, 9.17) is 4.74 Å². The number of thiazole rings is 1. The van der Waals surface area contributed by atoms with Gasteiger partial charge in [-0.15, -0.1) is 11.3 Å². The molecule has 0 fully saturated rings. The Kier molecular flexibility index (Phi) is 6.33. The summed E-state index contributed by atoms with van der Waals surface area (Å²) in [4.78, 5) is 26.7. The van der Waals surface area contributed by atoms with Crippen LogP contribution >= 0.6 is 11.3 Å². The third-order valence-electron chi connectivity index (χ3n) is 3.96. The number of nitro groups is 1. The molecule has 0 aliphatic carbocycles. The molecular weight excluding hydrogens is 378 g/mol. The maximum Gasteiger partial charge on any atom is 0.269 e. The maximum atomic E-state index is 12.1. The number of nitrogens with one attached hydrogen (secondary N) is 1. The molecule has 1 aromatic heterocycles. The predicted molar refractivity (Wildman–Crippen MR) is 109 cm³/mol. The molecule has 3 aromatic rings. The number of nitro benzene ring substituents is 1. The van der Waals surface area contributed by atoms with E-state index in [1.165, 1.54) is 29.0 Å². The minimum Gasteiger partial charge on any atom is -0.484 e. The molecule has 28 heavy (non-hydrogen) atoms. The van der Waals surface area contributed by atoms with Crippen molar-refractivity contribution in [2.24, 2.45) is 0 Å². The molecule has 8 heteroatoms. The number of non-ortho nitro benzene ring substituents is 1. The molecule has 0 saturated heterocycles. The topological polar surface area (TPSA) is 94.4 Å². The number of aromatic nitrogens is 1. The minimum atomic E-state index is -0.451. The van der Waals surface area contributed by atoms with Gasteiger partial charge in [-0.25, -0.2) is 4.98 Å². The molecule has 2 aromatic carbocycles. The van der Waals surface area contributed by atoms with Crippen molar-refractivity contribution in [3.8, 4) is 17.0 Å². The van der Waals surface area contributed by atoms with Crippen molar-refractivity contribution in [2.45, 2.75) is 19.8 Å². The van der Waals surface area contributed by atoms with Gasteiger partial charge in [0, 0.05) is 23.1 Å². The van der Waals surface area contributed by atoms with Gasteiger partial charge in [0.2, 0.25) is 0 Å². The van der Waals surface area contributed by atoms with E-state index in [1.807, 2.05) is 24.3 Å². The van der Waals surface area contributed by atoms with Crippen molar-refractivity contribution in [2.75, 3.05) is 11.9 Å². The molecule has 0 atom stereocenters. The fraction of sp³-hybridized carbons (Fsp3) is 0.200. The first-order chi connectivity index (χ1) is 13.5. The Morgan fingerprint density at radius 3 is 2.54 bits per heavy atom. The lowest BCUT2D eigenvalue weighted by atomic mass is 10.1. The molecule has 0 bridgehead atoms. The van der Waals surface area contributed by atoms with Crippen LogP contribution in [0.25, 0.3) is 11.3 Å². The lowest BCUT2D eigenvalue weighted by molar-refractivity contribution is -0.384. The molecule has 0 aliphatic rings. The third kappa shape index (κ3) is 5.14. The molecular formula is C20H19N3O4S. The Balaban J connectivity index is 1.54. The quantitative estimate of drug-likeness (QED) is 0.440. The predicted octanol–water partition coefficient (Wildman–Crippen LogP) is 4.69. The number of ether oxygens (including phenoxy) is 1. The summed E-state index contributed by atoms with van der Waals surface area (Å²) in [6.07, 6.45) is 2.10. The number of benzene rings is 2. The van der Waals surface area contributed by atoms with Gasteiger partial charge in [-0.1, -0.05) is 25.5 Å². The fourth-order valence-corrected chi connectivity index (χ4v) is 3.30. The molecule has 0 unspecified atom stereocenters. The summed E-state index contributed by atoms with van der Waals surface area (Å²) >= 11 is 1.28. The van der Waals surface area contributed by atoms with Crippen LogP contribution in [0.1, 0.15) is 18.9 Å². The number of aryl methyl sites for hydroxylation is 1. The van der Waals surface area contributed by atoms with Gasteiger partial charge < -0.3 is 4.74 Å². The number of anilines is 1. The Bertz CT molecular complexity index is 952. The van der Waals surface area contributed by atoms with Gasteiger partial charge in [-0.05, 0) is 36.2 Å². The van der Waals surface area contributed by atoms with Crippen LogP contribution in [0.3, 0.4) is 0 Å². The van der Waals surface area contributed by atoms with Crippen LogP contribution in [0.15, 0.2) is 53.9 Å². The van der Waals surface area contributed by atoms with E-state index in [2.05, 4.69) is 17.2 Å². The molecule has 0 aliphatic heterocycles. The van der Waals surface area contributed by atoms with Crippen molar-refractivity contribution in [3.63, 3.8) is 0 Å². The third-order valence-corrected chi connectivity index (χ3v) is 4.71. The van der Waals surface area contributed by atoms with E-state index in [-0.39, 0.29) is 18.2 Å². The minimum absolute atomic E-state index is 0.0207. The first-order valence-electron chi connectivity index (χ1n) is 8.77. The summed E-state index contributed by atoms with van der Waals surface area (Å²) in [5, 5.41) is 15.6. The first-order valence-corrected chi connectivity index (χ1v) is 9.65. The van der Waals surface area contributed by atoms with E-state index in [1.54, 1.807) is 17.5 Å². The second-order valence-corrected chi connectivity index (χ2v) is 6.93. The normalized spacial score (nSPS) is 10.5. The largest absolute Gasteiger partial charge is 0.484 e. The Morgan fingerprint density at radius 2 is 1.89 bits per heavy atom. The molecule has 0 spiro atoms. The van der Waals surface area contributed by atoms with Gasteiger partial charge >= 0.3 is 0 Å². The smallest absolute Gasteiger partial charge is 0.269 e. The van der Waals surface area contributed by atoms with Gasteiger partial charge in [0.15, 0.2) is 11.7 Å². The van der Waals surface area contributed by atoms with Crippen molar-refractivity contribution in [1.82, 2.24) is 4.98 Å². The zero-order chi connectivity index (χ0) is 19.9. The number of hydrogen-bond donors (Lipinski definition) is 1. The maximum absolute atomic E-state index is 12.1. The SMILES string of the molecule is CCCc1ccc(OCC(=O)Nc2nc(-c3ccc([N+](=O)[O-])cc3)cs2)cc1. The molecule has 1 N–H and O–H groups in total. The van der Waals surface area contributed by atoms with E-state index >= 15 is 0 Å². The van der Waals surface area contributed by atoms with Crippen LogP contribution in [0, 0.1) is 10.1 Å². The molecule has 7 nitrogen and oxygen atoms in total. The Morgan fingerprint density at radius 1 is 1.18 bits per heavy atom. The van der Waals surface area contributed by atoms with Crippen molar-refractivity contribution >= 4 is 28.1 Å². The van der Waals surface area contributed by atoms with Crippen LogP contribution < -0.4 is 10.1 Å². The van der Waals surface area contributed by atoms with Gasteiger partial charge in [0.05, 0.1) is 10.6 Å². The number of nitrogens with zero attached hydrogens (tertiary/aromatic N) is 2. The van der Waals surface area contributed by atoms with Crippen molar-refractivity contribution in [1.29, 1.82) is 0 Å². The monoisotopic (exact) mass is 397 g/mol. The number of hydrogen-bond acceptors (Lipinski definition) is 6. The number of rotatable bonds is 8. The van der Waals surface area contributed by atoms with E-state index in [9.17, 15) is 14.9 Å². The van der Waals surface area contributed by atoms with Gasteiger partial charge in [0.25, 0.3) is 11.6 Å². The molecule has 0 radical (unpaired) electrons. The summed E-state index contributed by atoms with van der Waals surface area (Å²) < 4.78 is 5.50. The van der Waals surface area contributed by atoms with Gasteiger partial charge in [0.1, 0.15) is 5.75 Å². The van der Waals surface area contributed by atoms with Crippen molar-refractivity contribution in [3.05, 3.63) is 69.6 Å². The van der Waals surface area contributed by atoms with Gasteiger partial charge in [-0.3, -0.25) is 20.2 Å². The molecule has 0 saturated carbocycles. The van der Waals surface area contributed by atoms with Crippen molar-refractivity contribution < 1.29 is 14.5 Å². The highest BCUT2D eigenvalue weighted by Gasteiger charge is 2.10. The number of carbonyl (C=O) groups excluding carboxylic acids is 1. The summed E-state index contributed by atoms with van der Waals surface area (Å²) in [6.45, 7) is 2.01. The highest BCUT2D eigenvalue weighted by atomic mass is 32.1. The Hall–Kier alpha value is -3.26. The highest BCUT2D eigenvalue weighted by Crippen LogP contribution is 2.26. The molecule has 144 valence electrons. The lowest BCUT2D eigenvalue weighted by Gasteiger charge is -2.06. The Labute approximate surface area is 166 Å². The molecule has 1 amide bonds. The summed E-state index contributed by atoms with van der Waals surface area (Å²) in [5.41, 5.74) is 2.64. The highest BCUT2D eigenvalue weighted by molar-refractivity contribution is 7.14. The average molecular weight is 397 g/mol. The number of carbonyl (C=O) groups is 1. The van der Waals surface area contributed by atoms with Crippen LogP contribution in [0.2, 0.25) is 0 Å². The van der Waals surface area contributed by atoms with Crippen LogP contribution in [-0.4, -0.2) is 22.4 Å². The van der Waals surface area contributed by atoms with E-state index < -0.39 is 4.92 Å². The van der Waals surface area contributed by atoms with Crippen LogP contribution in [0.4, 0.5) is 10.8 Å². The zero-order valence-corrected chi connectivity index (χ0v) is 16.1. The summed E-state index contributed by atoms with van der Waals surface area (Å²) in [7, 11) is 0. The summed E-state index contributed by atoms with van der Waals surface area (Å²) in [6, 6.07) is 13.8. The van der Waals surface area contributed by atoms with Crippen LogP contribution in [0.5, 0.6) is 5.75 Å². The van der Waals surface area contributed by atoms with E-state index in [0.717, 1.165) is 18.4 Å². The standard InChI is InChI=1S/C20H19N3O4S/c1-2-3-14-4-10-17(11-5-14)27-12-19(24)22-20-21-18(13-28-20)15-6-8-16(9-7-15)23(25)26/h4-11,13H,2-3,12H2,1H3,(H,21,22,24). The fourth-order valence-electron chi connectivity index (χ4n) is 2.56. The number of amides is 1. The second kappa shape index (κ2) is 9.09. The average Bonchev–Trinajstić information content (AvgIpc) is 3.16. The summed E-state index contributed by atoms with van der Waals surface area (Å²) in [5.74, 6) is 0.336. The molecule has 3 rings (SSSR count). The first kappa shape index (κ1) is 19.5. The zero-order valence-electron chi connectivity index (χ0n) is 15.3. The van der Waals surface area contributed by atoms with Gasteiger partial charge in [-0.2, -0.15) is 0 Å². The van der Waals surface area contributed by atoms with Crippen LogP contribution in [-0.2, 0) is 11.2 Å². The van der Waals surface area contributed by atoms with E-state index in [0.29, 0.717) is 16.6 Å². The second-order valence-electron chi connectivity index (χ2n) is 6.07. The molecule has 1 heterocycles. The lowest BCUT2D eigenvalue weighted by Crippen LogP contribution is -2.20.